The molecule has 0 aliphatic carbocycles. The fourth-order valence-electron chi connectivity index (χ4n) is 3.51. The molecule has 3 rings (SSSR count). The Morgan fingerprint density at radius 1 is 1.14 bits per heavy atom. The highest BCUT2D eigenvalue weighted by Crippen LogP contribution is 2.25. The van der Waals surface area contributed by atoms with E-state index in [2.05, 4.69) is 5.32 Å². The zero-order valence-electron chi connectivity index (χ0n) is 17.0. The third kappa shape index (κ3) is 5.58. The minimum absolute atomic E-state index is 0.0629. The number of nitrogens with one attached hydrogen (secondary N) is 1. The number of hydrogen-bond donors (Lipinski definition) is 1. The van der Waals surface area contributed by atoms with Crippen LogP contribution in [0.1, 0.15) is 36.5 Å². The maximum atomic E-state index is 12.4. The fourth-order valence-corrected chi connectivity index (χ4v) is 4.99. The molecule has 7 heteroatoms. The van der Waals surface area contributed by atoms with Gasteiger partial charge in [-0.15, -0.1) is 0 Å². The first-order valence-corrected chi connectivity index (χ1v) is 11.5. The quantitative estimate of drug-likeness (QED) is 0.716. The van der Waals surface area contributed by atoms with Crippen LogP contribution in [0.2, 0.25) is 0 Å². The molecule has 156 valence electrons. The molecule has 2 aromatic carbocycles. The molecule has 0 saturated carbocycles. The number of nitrogens with zero attached hydrogens (tertiary/aromatic N) is 1. The molecule has 0 bridgehead atoms. The van der Waals surface area contributed by atoms with Gasteiger partial charge in [0.05, 0.1) is 12.9 Å². The number of benzene rings is 2. The number of carbonyl (C=O) groups excluding carboxylic acids is 1. The SMILES string of the molecule is CCCS(=O)(=O)N1CCc2ccc(NC(=O)CCc3ccc(OC)cc3)cc2C1. The highest BCUT2D eigenvalue weighted by molar-refractivity contribution is 7.89. The van der Waals surface area contributed by atoms with Gasteiger partial charge in [-0.2, -0.15) is 4.31 Å². The van der Waals surface area contributed by atoms with Crippen molar-refractivity contribution in [1.29, 1.82) is 0 Å². The number of aryl methyl sites for hydroxylation is 1. The van der Waals surface area contributed by atoms with Gasteiger partial charge in [-0.3, -0.25) is 4.79 Å². The van der Waals surface area contributed by atoms with E-state index in [9.17, 15) is 13.2 Å². The lowest BCUT2D eigenvalue weighted by atomic mass is 10.0. The zero-order valence-corrected chi connectivity index (χ0v) is 17.8. The summed E-state index contributed by atoms with van der Waals surface area (Å²) in [6, 6.07) is 13.4. The van der Waals surface area contributed by atoms with E-state index >= 15 is 0 Å². The van der Waals surface area contributed by atoms with Crippen LogP contribution in [0.5, 0.6) is 5.75 Å². The lowest BCUT2D eigenvalue weighted by Gasteiger charge is -2.28. The fraction of sp³-hybridized carbons (Fsp3) is 0.409. The number of carbonyl (C=O) groups is 1. The van der Waals surface area contributed by atoms with Crippen LogP contribution in [0.4, 0.5) is 5.69 Å². The van der Waals surface area contributed by atoms with E-state index in [0.29, 0.717) is 44.5 Å². The van der Waals surface area contributed by atoms with Crippen molar-refractivity contribution in [3.05, 3.63) is 59.2 Å². The van der Waals surface area contributed by atoms with E-state index < -0.39 is 10.0 Å². The topological polar surface area (TPSA) is 75.7 Å². The van der Waals surface area contributed by atoms with E-state index in [4.69, 9.17) is 4.74 Å². The number of hydrogen-bond acceptors (Lipinski definition) is 4. The van der Waals surface area contributed by atoms with Gasteiger partial charge in [0.15, 0.2) is 0 Å². The molecule has 0 spiro atoms. The molecule has 0 atom stereocenters. The van der Waals surface area contributed by atoms with Gasteiger partial charge in [-0.1, -0.05) is 25.1 Å². The van der Waals surface area contributed by atoms with Crippen LogP contribution in [-0.4, -0.2) is 38.0 Å². The molecule has 1 heterocycles. The minimum atomic E-state index is -3.22. The Morgan fingerprint density at radius 2 is 1.90 bits per heavy atom. The Hall–Kier alpha value is -2.38. The number of fused-ring (bicyclic) bond motifs is 1. The van der Waals surface area contributed by atoms with Crippen LogP contribution < -0.4 is 10.1 Å². The summed E-state index contributed by atoms with van der Waals surface area (Å²) in [5.74, 6) is 0.902. The summed E-state index contributed by atoms with van der Waals surface area (Å²) in [6.07, 6.45) is 2.32. The summed E-state index contributed by atoms with van der Waals surface area (Å²) >= 11 is 0. The van der Waals surface area contributed by atoms with E-state index in [1.54, 1.807) is 11.4 Å². The van der Waals surface area contributed by atoms with E-state index in [1.807, 2.05) is 49.4 Å². The Bertz CT molecular complexity index is 955. The Kier molecular flexibility index (Phi) is 6.92. The van der Waals surface area contributed by atoms with Gasteiger partial charge in [-0.05, 0) is 60.2 Å². The van der Waals surface area contributed by atoms with Crippen molar-refractivity contribution < 1.29 is 17.9 Å². The number of ether oxygens (including phenoxy) is 1. The van der Waals surface area contributed by atoms with Gasteiger partial charge in [-0.25, -0.2) is 8.42 Å². The largest absolute Gasteiger partial charge is 0.497 e. The Balaban J connectivity index is 1.60. The molecular formula is C22H28N2O4S. The molecular weight excluding hydrogens is 388 g/mol. The zero-order chi connectivity index (χ0) is 20.9. The van der Waals surface area contributed by atoms with Crippen molar-refractivity contribution in [2.24, 2.45) is 0 Å². The molecule has 1 aliphatic rings. The second-order valence-electron chi connectivity index (χ2n) is 7.28. The minimum Gasteiger partial charge on any atom is -0.497 e. The van der Waals surface area contributed by atoms with Crippen molar-refractivity contribution in [1.82, 2.24) is 4.31 Å². The number of amides is 1. The maximum absolute atomic E-state index is 12.4. The molecule has 1 amide bonds. The molecule has 0 aromatic heterocycles. The van der Waals surface area contributed by atoms with Gasteiger partial charge >= 0.3 is 0 Å². The first-order valence-electron chi connectivity index (χ1n) is 9.93. The third-order valence-electron chi connectivity index (χ3n) is 5.12. The van der Waals surface area contributed by atoms with Crippen molar-refractivity contribution in [2.45, 2.75) is 39.2 Å². The van der Waals surface area contributed by atoms with Crippen LogP contribution in [0.15, 0.2) is 42.5 Å². The number of methoxy groups -OCH3 is 1. The van der Waals surface area contributed by atoms with E-state index in [1.165, 1.54) is 0 Å². The lowest BCUT2D eigenvalue weighted by molar-refractivity contribution is -0.116. The highest BCUT2D eigenvalue weighted by atomic mass is 32.2. The van der Waals surface area contributed by atoms with Gasteiger partial charge < -0.3 is 10.1 Å². The first-order chi connectivity index (χ1) is 13.9. The van der Waals surface area contributed by atoms with Gasteiger partial charge in [0.2, 0.25) is 15.9 Å². The predicted octanol–water partition coefficient (Wildman–Crippen LogP) is 3.36. The third-order valence-corrected chi connectivity index (χ3v) is 7.15. The van der Waals surface area contributed by atoms with Crippen molar-refractivity contribution >= 4 is 21.6 Å². The van der Waals surface area contributed by atoms with E-state index in [0.717, 1.165) is 22.4 Å². The smallest absolute Gasteiger partial charge is 0.224 e. The molecule has 0 saturated heterocycles. The number of rotatable bonds is 8. The normalized spacial score (nSPS) is 14.3. The number of anilines is 1. The van der Waals surface area contributed by atoms with Crippen LogP contribution in [0.25, 0.3) is 0 Å². The molecule has 1 aliphatic heterocycles. The molecule has 0 unspecified atom stereocenters. The number of sulfonamides is 1. The average molecular weight is 417 g/mol. The standard InChI is InChI=1S/C22H28N2O4S/c1-3-14-29(26,27)24-13-12-18-7-8-20(15-19(18)16-24)23-22(25)11-6-17-4-9-21(28-2)10-5-17/h4-5,7-10,15H,3,6,11-14,16H2,1-2H3,(H,23,25). The van der Waals surface area contributed by atoms with Crippen molar-refractivity contribution in [3.63, 3.8) is 0 Å². The Morgan fingerprint density at radius 3 is 2.59 bits per heavy atom. The Labute approximate surface area is 172 Å². The van der Waals surface area contributed by atoms with Crippen molar-refractivity contribution in [2.75, 3.05) is 24.7 Å². The first kappa shape index (κ1) is 21.3. The van der Waals surface area contributed by atoms with E-state index in [-0.39, 0.29) is 11.7 Å². The maximum Gasteiger partial charge on any atom is 0.224 e. The molecule has 1 N–H and O–H groups in total. The van der Waals surface area contributed by atoms with Crippen molar-refractivity contribution in [3.8, 4) is 5.75 Å². The van der Waals surface area contributed by atoms with Gasteiger partial charge in [0, 0.05) is 25.2 Å². The second kappa shape index (κ2) is 9.41. The monoisotopic (exact) mass is 416 g/mol. The summed E-state index contributed by atoms with van der Waals surface area (Å²) in [5.41, 5.74) is 3.88. The van der Waals surface area contributed by atoms with Crippen LogP contribution >= 0.6 is 0 Å². The van der Waals surface area contributed by atoms with Gasteiger partial charge in [0.25, 0.3) is 0 Å². The van der Waals surface area contributed by atoms with Crippen LogP contribution in [0, 0.1) is 0 Å². The van der Waals surface area contributed by atoms with Gasteiger partial charge in [0.1, 0.15) is 5.75 Å². The molecule has 6 nitrogen and oxygen atoms in total. The lowest BCUT2D eigenvalue weighted by Crippen LogP contribution is -2.37. The summed E-state index contributed by atoms with van der Waals surface area (Å²) in [4.78, 5) is 12.3. The average Bonchev–Trinajstić information content (AvgIpc) is 2.72. The molecule has 2 aromatic rings. The molecule has 0 radical (unpaired) electrons. The predicted molar refractivity (Wildman–Crippen MR) is 115 cm³/mol. The summed E-state index contributed by atoms with van der Waals surface area (Å²) < 4.78 is 31.4. The second-order valence-corrected chi connectivity index (χ2v) is 9.37. The highest BCUT2D eigenvalue weighted by Gasteiger charge is 2.26. The summed E-state index contributed by atoms with van der Waals surface area (Å²) in [7, 11) is -1.59. The summed E-state index contributed by atoms with van der Waals surface area (Å²) in [5, 5.41) is 2.93. The van der Waals surface area contributed by atoms with Crippen LogP contribution in [-0.2, 0) is 34.2 Å². The molecule has 0 fully saturated rings. The molecule has 29 heavy (non-hydrogen) atoms. The summed E-state index contributed by atoms with van der Waals surface area (Å²) in [6.45, 7) is 2.76. The van der Waals surface area contributed by atoms with Crippen LogP contribution in [0.3, 0.4) is 0 Å².